The number of nitrogens with two attached hydrogens (primary N) is 1. The van der Waals surface area contributed by atoms with Crippen LogP contribution in [-0.2, 0) is 6.54 Å². The number of benzene rings is 1. The van der Waals surface area contributed by atoms with Crippen LogP contribution >= 0.6 is 34.8 Å². The molecule has 78 valence electrons. The van der Waals surface area contributed by atoms with Crippen molar-refractivity contribution in [1.29, 1.82) is 0 Å². The average molecular weight is 255 g/mol. The molecule has 5 heteroatoms. The molecule has 0 aliphatic carbocycles. The molecular formula is C9H10Cl3NO. The lowest BCUT2D eigenvalue weighted by Crippen LogP contribution is -2.02. The van der Waals surface area contributed by atoms with E-state index >= 15 is 0 Å². The summed E-state index contributed by atoms with van der Waals surface area (Å²) >= 11 is 14.8. The van der Waals surface area contributed by atoms with E-state index in [9.17, 15) is 4.79 Å². The summed E-state index contributed by atoms with van der Waals surface area (Å²) in [6.45, 7) is 0.342. The highest BCUT2D eigenvalue weighted by Gasteiger charge is 2.04. The molecule has 0 heterocycles. The first kappa shape index (κ1) is 13.7. The summed E-state index contributed by atoms with van der Waals surface area (Å²) in [5.74, 6) is 0. The van der Waals surface area contributed by atoms with Crippen molar-refractivity contribution in [2.24, 2.45) is 5.73 Å². The predicted molar refractivity (Wildman–Crippen MR) is 61.1 cm³/mol. The molecule has 1 aromatic rings. The van der Waals surface area contributed by atoms with Gasteiger partial charge in [-0.25, -0.2) is 0 Å². The fourth-order valence-corrected chi connectivity index (χ4v) is 1.07. The summed E-state index contributed by atoms with van der Waals surface area (Å²) in [5, 5.41) is -0.258. The molecule has 0 unspecified atom stereocenters. The van der Waals surface area contributed by atoms with Crippen molar-refractivity contribution in [1.82, 2.24) is 0 Å². The molecule has 14 heavy (non-hydrogen) atoms. The van der Waals surface area contributed by atoms with Crippen LogP contribution < -0.4 is 5.73 Å². The lowest BCUT2D eigenvalue weighted by Gasteiger charge is -2.00. The van der Waals surface area contributed by atoms with Crippen LogP contribution in [0.2, 0.25) is 0 Å². The lowest BCUT2D eigenvalue weighted by atomic mass is 10.1. The Morgan fingerprint density at radius 1 is 1.29 bits per heavy atom. The van der Waals surface area contributed by atoms with Gasteiger partial charge in [0, 0.05) is 12.1 Å². The minimum atomic E-state index is -0.453. The van der Waals surface area contributed by atoms with E-state index in [-0.39, 0.29) is 5.34 Å². The van der Waals surface area contributed by atoms with Crippen LogP contribution in [-0.4, -0.2) is 10.6 Å². The topological polar surface area (TPSA) is 43.1 Å². The molecule has 1 aromatic carbocycles. The molecular weight excluding hydrogens is 244 g/mol. The SMILES string of the molecule is ClCCl.NCc1ccccc1C(=O)Cl. The summed E-state index contributed by atoms with van der Waals surface area (Å²) in [6.07, 6.45) is 0. The van der Waals surface area contributed by atoms with Gasteiger partial charge in [0.1, 0.15) is 0 Å². The molecule has 0 atom stereocenters. The van der Waals surface area contributed by atoms with E-state index in [0.717, 1.165) is 5.56 Å². The van der Waals surface area contributed by atoms with Gasteiger partial charge in [-0.3, -0.25) is 4.79 Å². The second-order valence-electron chi connectivity index (χ2n) is 2.24. The van der Waals surface area contributed by atoms with Crippen LogP contribution in [0.25, 0.3) is 0 Å². The van der Waals surface area contributed by atoms with Gasteiger partial charge in [0.2, 0.25) is 0 Å². The minimum Gasteiger partial charge on any atom is -0.326 e. The first-order chi connectivity index (χ1) is 6.67. The Bertz CT molecular complexity index is 291. The molecule has 0 aliphatic heterocycles. The maximum Gasteiger partial charge on any atom is 0.252 e. The van der Waals surface area contributed by atoms with Crippen LogP contribution in [0.1, 0.15) is 15.9 Å². The zero-order valence-corrected chi connectivity index (χ0v) is 9.61. The summed E-state index contributed by atoms with van der Waals surface area (Å²) in [7, 11) is 0. The third kappa shape index (κ3) is 4.82. The number of hydrogen-bond acceptors (Lipinski definition) is 2. The second-order valence-corrected chi connectivity index (χ2v) is 3.39. The van der Waals surface area contributed by atoms with Crippen LogP contribution in [0.15, 0.2) is 24.3 Å². The van der Waals surface area contributed by atoms with Crippen molar-refractivity contribution in [2.75, 3.05) is 5.34 Å². The van der Waals surface area contributed by atoms with Crippen molar-refractivity contribution in [2.45, 2.75) is 6.54 Å². The van der Waals surface area contributed by atoms with Crippen LogP contribution in [0, 0.1) is 0 Å². The molecule has 0 aliphatic rings. The molecule has 0 bridgehead atoms. The number of alkyl halides is 2. The minimum absolute atomic E-state index is 0.194. The Balaban J connectivity index is 0.000000500. The van der Waals surface area contributed by atoms with Gasteiger partial charge in [-0.15, -0.1) is 23.2 Å². The molecule has 0 saturated carbocycles. The number of carbonyl (C=O) groups excluding carboxylic acids is 1. The molecule has 0 spiro atoms. The van der Waals surface area contributed by atoms with Gasteiger partial charge in [-0.05, 0) is 23.2 Å². The molecule has 0 radical (unpaired) electrons. The quantitative estimate of drug-likeness (QED) is 0.651. The summed E-state index contributed by atoms with van der Waals surface area (Å²) in [5.41, 5.74) is 6.66. The van der Waals surface area contributed by atoms with E-state index in [2.05, 4.69) is 0 Å². The lowest BCUT2D eigenvalue weighted by molar-refractivity contribution is 0.108. The molecule has 0 saturated heterocycles. The van der Waals surface area contributed by atoms with Gasteiger partial charge < -0.3 is 5.73 Å². The standard InChI is InChI=1S/C8H8ClNO.CH2Cl2/c9-8(11)7-4-2-1-3-6(7)5-10;2-1-3/h1-4H,5,10H2;1H2. The highest BCUT2D eigenvalue weighted by atomic mass is 35.5. The van der Waals surface area contributed by atoms with Crippen molar-refractivity contribution in [3.8, 4) is 0 Å². The smallest absolute Gasteiger partial charge is 0.252 e. The van der Waals surface area contributed by atoms with Crippen molar-refractivity contribution in [3.63, 3.8) is 0 Å². The molecule has 2 nitrogen and oxygen atoms in total. The third-order valence-corrected chi connectivity index (χ3v) is 1.65. The predicted octanol–water partition coefficient (Wildman–Crippen LogP) is 2.95. The van der Waals surface area contributed by atoms with Gasteiger partial charge in [0.15, 0.2) is 0 Å². The van der Waals surface area contributed by atoms with E-state index < -0.39 is 5.24 Å². The van der Waals surface area contributed by atoms with Gasteiger partial charge in [-0.2, -0.15) is 0 Å². The first-order valence-corrected chi connectivity index (χ1v) is 5.21. The van der Waals surface area contributed by atoms with Crippen LogP contribution in [0.3, 0.4) is 0 Å². The van der Waals surface area contributed by atoms with E-state index in [1.165, 1.54) is 0 Å². The highest BCUT2D eigenvalue weighted by molar-refractivity contribution is 6.67. The number of hydrogen-bond donors (Lipinski definition) is 1. The Morgan fingerprint density at radius 3 is 2.14 bits per heavy atom. The maximum absolute atomic E-state index is 10.7. The van der Waals surface area contributed by atoms with E-state index in [1.54, 1.807) is 18.2 Å². The molecule has 0 aromatic heterocycles. The van der Waals surface area contributed by atoms with Crippen molar-refractivity contribution < 1.29 is 4.79 Å². The number of rotatable bonds is 2. The Kier molecular flexibility index (Phi) is 7.90. The average Bonchev–Trinajstić information content (AvgIpc) is 2.19. The Morgan fingerprint density at radius 2 is 1.79 bits per heavy atom. The summed E-state index contributed by atoms with van der Waals surface area (Å²) < 4.78 is 0. The van der Waals surface area contributed by atoms with Crippen molar-refractivity contribution >= 4 is 40.0 Å². The Hall–Kier alpha value is -0.280. The van der Waals surface area contributed by atoms with Crippen molar-refractivity contribution in [3.05, 3.63) is 35.4 Å². The molecule has 0 amide bonds. The summed E-state index contributed by atoms with van der Waals surface area (Å²) in [4.78, 5) is 10.7. The van der Waals surface area contributed by atoms with E-state index in [1.807, 2.05) is 6.07 Å². The number of carbonyl (C=O) groups is 1. The monoisotopic (exact) mass is 253 g/mol. The van der Waals surface area contributed by atoms with Crippen LogP contribution in [0.5, 0.6) is 0 Å². The van der Waals surface area contributed by atoms with Gasteiger partial charge in [0.05, 0.1) is 5.34 Å². The Labute approximate surface area is 97.9 Å². The maximum atomic E-state index is 10.7. The summed E-state index contributed by atoms with van der Waals surface area (Å²) in [6, 6.07) is 7.04. The largest absolute Gasteiger partial charge is 0.326 e. The van der Waals surface area contributed by atoms with E-state index in [4.69, 9.17) is 40.5 Å². The van der Waals surface area contributed by atoms with Crippen LogP contribution in [0.4, 0.5) is 0 Å². The second kappa shape index (κ2) is 8.06. The van der Waals surface area contributed by atoms with Gasteiger partial charge >= 0.3 is 0 Å². The molecule has 1 rings (SSSR count). The fourth-order valence-electron chi connectivity index (χ4n) is 0.890. The van der Waals surface area contributed by atoms with E-state index in [0.29, 0.717) is 12.1 Å². The fraction of sp³-hybridized carbons (Fsp3) is 0.222. The molecule has 2 N–H and O–H groups in total. The zero-order valence-electron chi connectivity index (χ0n) is 7.34. The molecule has 0 fully saturated rings. The first-order valence-electron chi connectivity index (χ1n) is 3.77. The zero-order chi connectivity index (χ0) is 11.0. The van der Waals surface area contributed by atoms with Gasteiger partial charge in [-0.1, -0.05) is 18.2 Å². The van der Waals surface area contributed by atoms with Gasteiger partial charge in [0.25, 0.3) is 5.24 Å². The highest BCUT2D eigenvalue weighted by Crippen LogP contribution is 2.09. The number of halogens is 3. The third-order valence-electron chi connectivity index (χ3n) is 1.45. The normalized spacial score (nSPS) is 8.86.